The molecule has 1 aliphatic heterocycles. The van der Waals surface area contributed by atoms with E-state index in [9.17, 15) is 0 Å². The van der Waals surface area contributed by atoms with Crippen molar-refractivity contribution >= 4 is 0 Å². The van der Waals surface area contributed by atoms with Crippen molar-refractivity contribution in [2.24, 2.45) is 34.8 Å². The molecule has 3 atom stereocenters. The molecule has 0 aromatic rings. The van der Waals surface area contributed by atoms with Gasteiger partial charge in [-0.3, -0.25) is 0 Å². The second kappa shape index (κ2) is 6.36. The van der Waals surface area contributed by atoms with Crippen LogP contribution in [-0.4, -0.2) is 30.6 Å². The van der Waals surface area contributed by atoms with Crippen LogP contribution in [0.2, 0.25) is 0 Å². The van der Waals surface area contributed by atoms with Gasteiger partial charge in [0.25, 0.3) is 0 Å². The molecule has 1 saturated carbocycles. The van der Waals surface area contributed by atoms with E-state index in [1.807, 2.05) is 0 Å². The lowest BCUT2D eigenvalue weighted by Gasteiger charge is -2.49. The normalized spacial score (nSPS) is 36.5. The molecule has 2 nitrogen and oxygen atoms in total. The second-order valence-corrected chi connectivity index (χ2v) is 8.43. The van der Waals surface area contributed by atoms with Gasteiger partial charge >= 0.3 is 0 Å². The quantitative estimate of drug-likeness (QED) is 0.853. The zero-order valence-corrected chi connectivity index (χ0v) is 14.4. The predicted octanol–water partition coefficient (Wildman–Crippen LogP) is 3.75. The standard InChI is InChI=1S/C18H36N2/c1-13(2)15-8-10-20(11-9-15)12-16-6-7-17(19)14(3)18(16,4)5/h13-17H,6-12,19H2,1-5H3. The smallest absolute Gasteiger partial charge is 0.00698 e. The van der Waals surface area contributed by atoms with E-state index in [0.717, 1.165) is 17.8 Å². The molecule has 2 fully saturated rings. The molecule has 0 radical (unpaired) electrons. The van der Waals surface area contributed by atoms with Crippen molar-refractivity contribution in [1.82, 2.24) is 4.90 Å². The summed E-state index contributed by atoms with van der Waals surface area (Å²) in [7, 11) is 0. The summed E-state index contributed by atoms with van der Waals surface area (Å²) < 4.78 is 0. The largest absolute Gasteiger partial charge is 0.327 e. The van der Waals surface area contributed by atoms with E-state index >= 15 is 0 Å². The van der Waals surface area contributed by atoms with E-state index in [4.69, 9.17) is 5.73 Å². The minimum absolute atomic E-state index is 0.395. The molecule has 0 bridgehead atoms. The highest BCUT2D eigenvalue weighted by atomic mass is 15.1. The van der Waals surface area contributed by atoms with E-state index in [1.54, 1.807) is 0 Å². The third-order valence-electron chi connectivity index (χ3n) is 6.77. The summed E-state index contributed by atoms with van der Waals surface area (Å²) >= 11 is 0. The highest BCUT2D eigenvalue weighted by Gasteiger charge is 2.42. The van der Waals surface area contributed by atoms with Gasteiger partial charge in [0.15, 0.2) is 0 Å². The fourth-order valence-electron chi connectivity index (χ4n) is 4.38. The van der Waals surface area contributed by atoms with Crippen LogP contribution in [0.1, 0.15) is 60.3 Å². The first-order valence-electron chi connectivity index (χ1n) is 8.80. The number of nitrogens with zero attached hydrogens (tertiary/aromatic N) is 1. The van der Waals surface area contributed by atoms with Crippen LogP contribution in [0.15, 0.2) is 0 Å². The number of hydrogen-bond donors (Lipinski definition) is 1. The SMILES string of the molecule is CC(C)C1CCN(CC2CCC(N)C(C)C2(C)C)CC1. The first kappa shape index (κ1) is 16.3. The summed E-state index contributed by atoms with van der Waals surface area (Å²) in [5, 5.41) is 0. The number of hydrogen-bond acceptors (Lipinski definition) is 2. The molecule has 1 aliphatic carbocycles. The summed E-state index contributed by atoms with van der Waals surface area (Å²) in [6.07, 6.45) is 5.35. The molecule has 0 amide bonds. The van der Waals surface area contributed by atoms with Gasteiger partial charge in [0.05, 0.1) is 0 Å². The molecule has 2 rings (SSSR count). The van der Waals surface area contributed by atoms with E-state index < -0.39 is 0 Å². The molecule has 0 aromatic carbocycles. The van der Waals surface area contributed by atoms with Gasteiger partial charge in [0.1, 0.15) is 0 Å². The Balaban J connectivity index is 1.88. The summed E-state index contributed by atoms with van der Waals surface area (Å²) in [4.78, 5) is 2.73. The fraction of sp³-hybridized carbons (Fsp3) is 1.00. The molecule has 2 N–H and O–H groups in total. The number of piperidine rings is 1. The number of likely N-dealkylation sites (tertiary alicyclic amines) is 1. The Morgan fingerprint density at radius 3 is 2.25 bits per heavy atom. The van der Waals surface area contributed by atoms with Gasteiger partial charge in [0.2, 0.25) is 0 Å². The first-order valence-corrected chi connectivity index (χ1v) is 8.80. The Kier molecular flexibility index (Phi) is 5.18. The predicted molar refractivity (Wildman–Crippen MR) is 87.6 cm³/mol. The van der Waals surface area contributed by atoms with Crippen LogP contribution >= 0.6 is 0 Å². The number of nitrogens with two attached hydrogens (primary N) is 1. The van der Waals surface area contributed by atoms with Crippen molar-refractivity contribution in [2.45, 2.75) is 66.3 Å². The van der Waals surface area contributed by atoms with Crippen molar-refractivity contribution in [3.05, 3.63) is 0 Å². The van der Waals surface area contributed by atoms with Crippen LogP contribution in [0.25, 0.3) is 0 Å². The minimum atomic E-state index is 0.395. The highest BCUT2D eigenvalue weighted by Crippen LogP contribution is 2.44. The molecule has 1 saturated heterocycles. The molecular formula is C18H36N2. The van der Waals surface area contributed by atoms with Crippen molar-refractivity contribution in [3.8, 4) is 0 Å². The van der Waals surface area contributed by atoms with Crippen LogP contribution in [0.3, 0.4) is 0 Å². The molecule has 2 heteroatoms. The first-order chi connectivity index (χ1) is 9.32. The van der Waals surface area contributed by atoms with Crippen LogP contribution in [0.5, 0.6) is 0 Å². The lowest BCUT2D eigenvalue weighted by molar-refractivity contribution is 0.0189. The Bertz CT molecular complexity index is 303. The summed E-state index contributed by atoms with van der Waals surface area (Å²) in [5.41, 5.74) is 6.68. The van der Waals surface area contributed by atoms with E-state index in [-0.39, 0.29) is 0 Å². The van der Waals surface area contributed by atoms with Crippen LogP contribution in [-0.2, 0) is 0 Å². The Morgan fingerprint density at radius 2 is 1.70 bits per heavy atom. The lowest BCUT2D eigenvalue weighted by atomic mass is 9.61. The second-order valence-electron chi connectivity index (χ2n) is 8.43. The Labute approximate surface area is 126 Å². The fourth-order valence-corrected chi connectivity index (χ4v) is 4.38. The monoisotopic (exact) mass is 280 g/mol. The molecule has 0 aromatic heterocycles. The van der Waals surface area contributed by atoms with Crippen molar-refractivity contribution in [3.63, 3.8) is 0 Å². The van der Waals surface area contributed by atoms with Gasteiger partial charge in [-0.15, -0.1) is 0 Å². The van der Waals surface area contributed by atoms with Crippen molar-refractivity contribution in [1.29, 1.82) is 0 Å². The van der Waals surface area contributed by atoms with Crippen LogP contribution < -0.4 is 5.73 Å². The van der Waals surface area contributed by atoms with Crippen LogP contribution in [0, 0.1) is 29.1 Å². The minimum Gasteiger partial charge on any atom is -0.327 e. The van der Waals surface area contributed by atoms with E-state index in [1.165, 1.54) is 45.3 Å². The van der Waals surface area contributed by atoms with Gasteiger partial charge in [0, 0.05) is 12.6 Å². The molecule has 118 valence electrons. The molecule has 0 spiro atoms. The molecular weight excluding hydrogens is 244 g/mol. The Hall–Kier alpha value is -0.0800. The Morgan fingerprint density at radius 1 is 1.10 bits per heavy atom. The van der Waals surface area contributed by atoms with Gasteiger partial charge < -0.3 is 10.6 Å². The maximum atomic E-state index is 6.29. The average Bonchev–Trinajstić information content (AvgIpc) is 2.40. The number of rotatable bonds is 3. The highest BCUT2D eigenvalue weighted by molar-refractivity contribution is 4.94. The maximum Gasteiger partial charge on any atom is 0.00698 e. The van der Waals surface area contributed by atoms with Gasteiger partial charge in [-0.05, 0) is 67.9 Å². The van der Waals surface area contributed by atoms with Crippen molar-refractivity contribution < 1.29 is 0 Å². The zero-order chi connectivity index (χ0) is 14.9. The molecule has 1 heterocycles. The van der Waals surface area contributed by atoms with E-state index in [2.05, 4.69) is 39.5 Å². The summed E-state index contributed by atoms with van der Waals surface area (Å²) in [5.74, 6) is 3.29. The third kappa shape index (κ3) is 3.39. The molecule has 2 aliphatic rings. The van der Waals surface area contributed by atoms with Gasteiger partial charge in [-0.1, -0.05) is 34.6 Å². The van der Waals surface area contributed by atoms with Crippen molar-refractivity contribution in [2.75, 3.05) is 19.6 Å². The van der Waals surface area contributed by atoms with E-state index in [0.29, 0.717) is 17.4 Å². The van der Waals surface area contributed by atoms with Crippen LogP contribution in [0.4, 0.5) is 0 Å². The zero-order valence-electron chi connectivity index (χ0n) is 14.4. The van der Waals surface area contributed by atoms with Gasteiger partial charge in [-0.25, -0.2) is 0 Å². The summed E-state index contributed by atoms with van der Waals surface area (Å²) in [6.45, 7) is 16.0. The average molecular weight is 281 g/mol. The topological polar surface area (TPSA) is 29.3 Å². The summed E-state index contributed by atoms with van der Waals surface area (Å²) in [6, 6.07) is 0.410. The van der Waals surface area contributed by atoms with Gasteiger partial charge in [-0.2, -0.15) is 0 Å². The molecule has 3 unspecified atom stereocenters. The molecule has 20 heavy (non-hydrogen) atoms. The maximum absolute atomic E-state index is 6.29. The third-order valence-corrected chi connectivity index (χ3v) is 6.77. The lowest BCUT2D eigenvalue weighted by Crippen LogP contribution is -2.50.